The van der Waals surface area contributed by atoms with Gasteiger partial charge >= 0.3 is 12.1 Å². The van der Waals surface area contributed by atoms with Crippen molar-refractivity contribution in [2.75, 3.05) is 32.9 Å². The van der Waals surface area contributed by atoms with E-state index in [4.69, 9.17) is 23.2 Å². The molecule has 0 radical (unpaired) electrons. The molecule has 0 unspecified atom stereocenters. The Hall–Kier alpha value is -2.58. The molecular formula is C26H29Cl2F3N4O5S. The van der Waals surface area contributed by atoms with E-state index >= 15 is 0 Å². The molecule has 0 bridgehead atoms. The summed E-state index contributed by atoms with van der Waals surface area (Å²) in [5.41, 5.74) is -1.98. The van der Waals surface area contributed by atoms with E-state index in [0.29, 0.717) is 17.7 Å². The summed E-state index contributed by atoms with van der Waals surface area (Å²) in [6.07, 6.45) is -3.38. The van der Waals surface area contributed by atoms with E-state index < -0.39 is 39.7 Å². The van der Waals surface area contributed by atoms with Gasteiger partial charge in [0.1, 0.15) is 5.75 Å². The molecule has 2 aromatic carbocycles. The maximum Gasteiger partial charge on any atom is 0.573 e. The van der Waals surface area contributed by atoms with Gasteiger partial charge in [0.15, 0.2) is 9.84 Å². The molecule has 1 N–H and O–H groups in total. The van der Waals surface area contributed by atoms with Gasteiger partial charge < -0.3 is 14.6 Å². The summed E-state index contributed by atoms with van der Waals surface area (Å²) in [7, 11) is 0.0434. The van der Waals surface area contributed by atoms with Gasteiger partial charge in [-0.15, -0.1) is 13.2 Å². The predicted molar refractivity (Wildman–Crippen MR) is 151 cm³/mol. The number of halogens is 5. The normalized spacial score (nSPS) is 16.7. The molecule has 0 amide bonds. The van der Waals surface area contributed by atoms with Crippen LogP contribution < -0.4 is 16.0 Å². The van der Waals surface area contributed by atoms with Gasteiger partial charge in [-0.05, 0) is 63.3 Å². The number of aromatic nitrogens is 2. The number of H-pyrrole nitrogens is 1. The fourth-order valence-electron chi connectivity index (χ4n) is 5.11. The van der Waals surface area contributed by atoms with Gasteiger partial charge in [0.25, 0.3) is 5.56 Å². The average molecular weight is 638 g/mol. The minimum atomic E-state index is -5.08. The van der Waals surface area contributed by atoms with E-state index in [0.717, 1.165) is 18.9 Å². The number of alkyl halides is 3. The number of sulfone groups is 1. The van der Waals surface area contributed by atoms with Crippen LogP contribution in [0.15, 0.2) is 38.8 Å². The molecule has 0 saturated carbocycles. The number of benzene rings is 2. The first-order chi connectivity index (χ1) is 19.1. The molecule has 0 aliphatic carbocycles. The summed E-state index contributed by atoms with van der Waals surface area (Å²) in [6.45, 7) is 2.24. The van der Waals surface area contributed by atoms with Gasteiger partial charge in [0.2, 0.25) is 0 Å². The Morgan fingerprint density at radius 2 is 1.85 bits per heavy atom. The Bertz CT molecular complexity index is 1690. The molecule has 15 heteroatoms. The predicted octanol–water partition coefficient (Wildman–Crippen LogP) is 4.26. The molecule has 1 aliphatic rings. The van der Waals surface area contributed by atoms with E-state index in [-0.39, 0.29) is 55.3 Å². The van der Waals surface area contributed by atoms with Crippen LogP contribution in [0.2, 0.25) is 10.0 Å². The van der Waals surface area contributed by atoms with E-state index in [1.54, 1.807) is 0 Å². The Morgan fingerprint density at radius 3 is 2.49 bits per heavy atom. The van der Waals surface area contributed by atoms with Crippen LogP contribution in [-0.2, 0) is 22.9 Å². The van der Waals surface area contributed by atoms with E-state index in [2.05, 4.69) is 9.72 Å². The highest BCUT2D eigenvalue weighted by molar-refractivity contribution is 7.91. The molecule has 0 spiro atoms. The number of rotatable bonds is 9. The zero-order chi connectivity index (χ0) is 30.3. The van der Waals surface area contributed by atoms with Crippen LogP contribution in [-0.4, -0.2) is 73.1 Å². The lowest BCUT2D eigenvalue weighted by atomic mass is 10.1. The zero-order valence-electron chi connectivity index (χ0n) is 22.5. The largest absolute Gasteiger partial charge is 0.573 e. The number of ether oxygens (including phenoxy) is 1. The molecule has 9 nitrogen and oxygen atoms in total. The molecule has 1 saturated heterocycles. The lowest BCUT2D eigenvalue weighted by Gasteiger charge is -2.28. The molecule has 3 aromatic rings. The summed E-state index contributed by atoms with van der Waals surface area (Å²) in [5.74, 6) is -0.897. The van der Waals surface area contributed by atoms with Crippen LogP contribution in [0.4, 0.5) is 13.2 Å². The van der Waals surface area contributed by atoms with Crippen LogP contribution >= 0.6 is 23.2 Å². The summed E-state index contributed by atoms with van der Waals surface area (Å²) >= 11 is 12.7. The van der Waals surface area contributed by atoms with Crippen LogP contribution in [0.1, 0.15) is 30.9 Å². The third-order valence-corrected chi connectivity index (χ3v) is 9.49. The second-order valence-corrected chi connectivity index (χ2v) is 13.2. The van der Waals surface area contributed by atoms with Gasteiger partial charge in [-0.2, -0.15) is 0 Å². The Labute approximate surface area is 244 Å². The van der Waals surface area contributed by atoms with Crippen molar-refractivity contribution in [3.05, 3.63) is 66.3 Å². The molecule has 1 aromatic heterocycles. The minimum Gasteiger partial charge on any atom is -0.405 e. The highest BCUT2D eigenvalue weighted by Gasteiger charge is 2.35. The van der Waals surface area contributed by atoms with E-state index in [9.17, 15) is 31.2 Å². The number of fused-ring (bicyclic) bond motifs is 1. The van der Waals surface area contributed by atoms with Crippen molar-refractivity contribution in [3.8, 4) is 5.75 Å². The van der Waals surface area contributed by atoms with Gasteiger partial charge in [0, 0.05) is 29.7 Å². The molecule has 4 rings (SSSR count). The second kappa shape index (κ2) is 12.0. The number of hydrogen-bond donors (Lipinski definition) is 1. The number of aromatic amines is 1. The van der Waals surface area contributed by atoms with Crippen LogP contribution in [0.3, 0.4) is 0 Å². The Kier molecular flexibility index (Phi) is 9.15. The molecule has 1 atom stereocenters. The van der Waals surface area contributed by atoms with E-state index in [1.165, 1.54) is 25.1 Å². The maximum absolute atomic E-state index is 13.5. The molecular weight excluding hydrogens is 608 g/mol. The quantitative estimate of drug-likeness (QED) is 0.374. The van der Waals surface area contributed by atoms with Crippen molar-refractivity contribution in [1.29, 1.82) is 0 Å². The van der Waals surface area contributed by atoms with Gasteiger partial charge in [-0.3, -0.25) is 14.3 Å². The lowest BCUT2D eigenvalue weighted by Crippen LogP contribution is -2.38. The Morgan fingerprint density at radius 1 is 1.15 bits per heavy atom. The van der Waals surface area contributed by atoms with Crippen LogP contribution in [0.25, 0.3) is 10.9 Å². The summed E-state index contributed by atoms with van der Waals surface area (Å²) < 4.78 is 70.7. The first kappa shape index (κ1) is 31.4. The highest BCUT2D eigenvalue weighted by atomic mass is 35.5. The van der Waals surface area contributed by atoms with Gasteiger partial charge in [-0.25, -0.2) is 13.2 Å². The van der Waals surface area contributed by atoms with Crippen LogP contribution in [0.5, 0.6) is 5.75 Å². The van der Waals surface area contributed by atoms with Crippen molar-refractivity contribution in [3.63, 3.8) is 0 Å². The number of nitrogens with one attached hydrogen (secondary N) is 1. The summed E-state index contributed by atoms with van der Waals surface area (Å²) in [6, 6.07) is 4.93. The van der Waals surface area contributed by atoms with Gasteiger partial charge in [0.05, 0.1) is 33.1 Å². The molecule has 1 fully saturated rings. The third kappa shape index (κ3) is 6.91. The standard InChI is InChI=1S/C26H29Cl2F3N4O5S/c1-4-41(38,39)21-8-7-16(27)10-15(21)12-35-24(36)18-11-20(40-26(29,30)31)19(22(28)23(18)32-25(35)37)14-34-9-5-6-17(34)13-33(2)3/h7-8,10-11,17H,4-6,9,12-14H2,1-3H3,(H,32,37)/t17-/m1/s1. The number of nitrogens with zero attached hydrogens (tertiary/aromatic N) is 3. The number of hydrogen-bond acceptors (Lipinski definition) is 7. The van der Waals surface area contributed by atoms with Crippen molar-refractivity contribution in [2.24, 2.45) is 0 Å². The van der Waals surface area contributed by atoms with Gasteiger partial charge in [-0.1, -0.05) is 30.1 Å². The lowest BCUT2D eigenvalue weighted by molar-refractivity contribution is -0.274. The molecule has 1 aliphatic heterocycles. The summed E-state index contributed by atoms with van der Waals surface area (Å²) in [4.78, 5) is 33.0. The fraction of sp³-hybridized carbons (Fsp3) is 0.462. The maximum atomic E-state index is 13.5. The fourth-order valence-corrected chi connectivity index (χ4v) is 6.72. The smallest absolute Gasteiger partial charge is 0.405 e. The molecule has 41 heavy (non-hydrogen) atoms. The Balaban J connectivity index is 1.87. The first-order valence-corrected chi connectivity index (χ1v) is 15.2. The monoisotopic (exact) mass is 636 g/mol. The van der Waals surface area contributed by atoms with E-state index in [1.807, 2.05) is 23.9 Å². The van der Waals surface area contributed by atoms with Crippen molar-refractivity contribution in [2.45, 2.75) is 50.2 Å². The number of likely N-dealkylation sites (N-methyl/N-ethyl adjacent to an activating group) is 1. The molecule has 2 heterocycles. The first-order valence-electron chi connectivity index (χ1n) is 12.7. The van der Waals surface area contributed by atoms with Crippen LogP contribution in [0, 0.1) is 0 Å². The molecule has 224 valence electrons. The van der Waals surface area contributed by atoms with Crippen molar-refractivity contribution < 1.29 is 26.3 Å². The zero-order valence-corrected chi connectivity index (χ0v) is 24.8. The highest BCUT2D eigenvalue weighted by Crippen LogP contribution is 2.37. The SMILES string of the molecule is CCS(=O)(=O)c1ccc(Cl)cc1Cn1c(=O)[nH]c2c(Cl)c(CN3CCC[C@@H]3CN(C)C)c(OC(F)(F)F)cc2c1=O. The summed E-state index contributed by atoms with van der Waals surface area (Å²) in [5, 5.41) is -0.398. The van der Waals surface area contributed by atoms with Crippen molar-refractivity contribution >= 4 is 43.9 Å². The topological polar surface area (TPSA) is 105 Å². The second-order valence-electron chi connectivity index (χ2n) is 10.1. The third-order valence-electron chi connectivity index (χ3n) is 7.01. The van der Waals surface area contributed by atoms with Crippen molar-refractivity contribution in [1.82, 2.24) is 19.4 Å². The number of likely N-dealkylation sites (tertiary alicyclic amines) is 1. The minimum absolute atomic E-state index is 0.00452. The average Bonchev–Trinajstić information content (AvgIpc) is 3.29.